The van der Waals surface area contributed by atoms with Crippen LogP contribution in [0.1, 0.15) is 47.5 Å². The molecule has 0 aliphatic heterocycles. The molecule has 0 saturated heterocycles. The molecule has 3 rings (SSSR count). The van der Waals surface area contributed by atoms with E-state index in [4.69, 9.17) is 8.94 Å². The first-order chi connectivity index (χ1) is 12.0. The standard InChI is InChI=1S/C18H20N4O3/c1-11(2)15-10-13(12(3)24-15)18(23)20-9-7-16-21-17(22-25-16)14-6-4-5-8-19-14/h4-6,8,10-11H,7,9H2,1-3H3,(H,20,23). The minimum atomic E-state index is -0.169. The minimum absolute atomic E-state index is 0.169. The second-order valence-corrected chi connectivity index (χ2v) is 6.01. The second kappa shape index (κ2) is 7.29. The monoisotopic (exact) mass is 340 g/mol. The molecule has 0 fully saturated rings. The predicted molar refractivity (Wildman–Crippen MR) is 91.1 cm³/mol. The summed E-state index contributed by atoms with van der Waals surface area (Å²) in [5, 5.41) is 6.75. The van der Waals surface area contributed by atoms with E-state index in [1.807, 2.05) is 32.0 Å². The topological polar surface area (TPSA) is 94.1 Å². The van der Waals surface area contributed by atoms with E-state index in [0.717, 1.165) is 5.76 Å². The zero-order valence-corrected chi connectivity index (χ0v) is 14.4. The van der Waals surface area contributed by atoms with Crippen molar-refractivity contribution in [1.82, 2.24) is 20.4 Å². The Morgan fingerprint density at radius 1 is 1.32 bits per heavy atom. The van der Waals surface area contributed by atoms with Gasteiger partial charge < -0.3 is 14.3 Å². The molecule has 1 amide bonds. The first kappa shape index (κ1) is 16.9. The molecule has 3 heterocycles. The maximum absolute atomic E-state index is 12.3. The number of pyridine rings is 1. The van der Waals surface area contributed by atoms with Crippen LogP contribution in [0.4, 0.5) is 0 Å². The summed E-state index contributed by atoms with van der Waals surface area (Å²) in [7, 11) is 0. The van der Waals surface area contributed by atoms with Crippen LogP contribution >= 0.6 is 0 Å². The van der Waals surface area contributed by atoms with Gasteiger partial charge in [-0.2, -0.15) is 4.98 Å². The van der Waals surface area contributed by atoms with Gasteiger partial charge in [-0.15, -0.1) is 0 Å². The Hall–Kier alpha value is -2.96. The molecule has 0 radical (unpaired) electrons. The van der Waals surface area contributed by atoms with E-state index in [-0.39, 0.29) is 11.8 Å². The molecule has 0 saturated carbocycles. The van der Waals surface area contributed by atoms with Gasteiger partial charge in [0.05, 0.1) is 5.56 Å². The first-order valence-electron chi connectivity index (χ1n) is 8.17. The molecule has 3 aromatic rings. The van der Waals surface area contributed by atoms with Gasteiger partial charge in [-0.3, -0.25) is 9.78 Å². The summed E-state index contributed by atoms with van der Waals surface area (Å²) in [4.78, 5) is 20.7. The Bertz CT molecular complexity index is 852. The van der Waals surface area contributed by atoms with Crippen molar-refractivity contribution in [3.63, 3.8) is 0 Å². The Balaban J connectivity index is 1.56. The molecule has 7 nitrogen and oxygen atoms in total. The van der Waals surface area contributed by atoms with E-state index in [1.165, 1.54) is 0 Å². The van der Waals surface area contributed by atoms with Gasteiger partial charge in [0.1, 0.15) is 17.2 Å². The molecule has 130 valence electrons. The van der Waals surface area contributed by atoms with Crippen molar-refractivity contribution >= 4 is 5.91 Å². The molecule has 3 aromatic heterocycles. The number of aromatic nitrogens is 3. The van der Waals surface area contributed by atoms with Crippen LogP contribution in [-0.4, -0.2) is 27.6 Å². The highest BCUT2D eigenvalue weighted by Gasteiger charge is 2.16. The van der Waals surface area contributed by atoms with Gasteiger partial charge in [0, 0.05) is 25.1 Å². The molecule has 0 aliphatic carbocycles. The highest BCUT2D eigenvalue weighted by atomic mass is 16.5. The largest absolute Gasteiger partial charge is 0.465 e. The predicted octanol–water partition coefficient (Wildman–Crippen LogP) is 3.13. The van der Waals surface area contributed by atoms with Crippen LogP contribution in [-0.2, 0) is 6.42 Å². The number of amides is 1. The Kier molecular flexibility index (Phi) is 4.92. The van der Waals surface area contributed by atoms with Crippen molar-refractivity contribution in [3.8, 4) is 11.5 Å². The fourth-order valence-corrected chi connectivity index (χ4v) is 2.35. The molecule has 0 aliphatic rings. The van der Waals surface area contributed by atoms with E-state index in [0.29, 0.717) is 41.7 Å². The summed E-state index contributed by atoms with van der Waals surface area (Å²) in [5.41, 5.74) is 1.21. The van der Waals surface area contributed by atoms with Crippen LogP contribution in [0.15, 0.2) is 39.4 Å². The Morgan fingerprint density at radius 3 is 2.84 bits per heavy atom. The van der Waals surface area contributed by atoms with Crippen LogP contribution in [0, 0.1) is 6.92 Å². The first-order valence-corrected chi connectivity index (χ1v) is 8.17. The van der Waals surface area contributed by atoms with Crippen molar-refractivity contribution in [2.45, 2.75) is 33.1 Å². The smallest absolute Gasteiger partial charge is 0.254 e. The summed E-state index contributed by atoms with van der Waals surface area (Å²) >= 11 is 0. The fourth-order valence-electron chi connectivity index (χ4n) is 2.35. The zero-order chi connectivity index (χ0) is 17.8. The number of hydrogen-bond donors (Lipinski definition) is 1. The molecular formula is C18H20N4O3. The maximum Gasteiger partial charge on any atom is 0.254 e. The van der Waals surface area contributed by atoms with Crippen molar-refractivity contribution in [1.29, 1.82) is 0 Å². The van der Waals surface area contributed by atoms with Crippen LogP contribution in [0.3, 0.4) is 0 Å². The van der Waals surface area contributed by atoms with Crippen LogP contribution < -0.4 is 5.32 Å². The lowest BCUT2D eigenvalue weighted by Gasteiger charge is -2.01. The van der Waals surface area contributed by atoms with Crippen LogP contribution in [0.2, 0.25) is 0 Å². The number of furan rings is 1. The summed E-state index contributed by atoms with van der Waals surface area (Å²) in [6.45, 7) is 6.23. The summed E-state index contributed by atoms with van der Waals surface area (Å²) in [6.07, 6.45) is 2.11. The molecule has 0 aromatic carbocycles. The van der Waals surface area contributed by atoms with Crippen molar-refractivity contribution in [2.24, 2.45) is 0 Å². The maximum atomic E-state index is 12.3. The molecule has 0 atom stereocenters. The lowest BCUT2D eigenvalue weighted by molar-refractivity contribution is 0.0952. The lowest BCUT2D eigenvalue weighted by Crippen LogP contribution is -2.25. The summed E-state index contributed by atoms with van der Waals surface area (Å²) in [6, 6.07) is 7.28. The highest BCUT2D eigenvalue weighted by molar-refractivity contribution is 5.95. The van der Waals surface area contributed by atoms with Gasteiger partial charge in [-0.05, 0) is 25.1 Å². The number of hydrogen-bond acceptors (Lipinski definition) is 6. The molecule has 1 N–H and O–H groups in total. The van der Waals surface area contributed by atoms with Gasteiger partial charge in [0.15, 0.2) is 0 Å². The van der Waals surface area contributed by atoms with Crippen molar-refractivity contribution in [2.75, 3.05) is 6.54 Å². The van der Waals surface area contributed by atoms with Gasteiger partial charge >= 0.3 is 0 Å². The SMILES string of the molecule is Cc1oc(C(C)C)cc1C(=O)NCCc1nc(-c2ccccn2)no1. The van der Waals surface area contributed by atoms with Crippen molar-refractivity contribution in [3.05, 3.63) is 53.4 Å². The third-order valence-corrected chi connectivity index (χ3v) is 3.74. The normalized spacial score (nSPS) is 11.0. The number of nitrogens with zero attached hydrogens (tertiary/aromatic N) is 3. The Labute approximate surface area is 145 Å². The lowest BCUT2D eigenvalue weighted by atomic mass is 10.1. The van der Waals surface area contributed by atoms with E-state index >= 15 is 0 Å². The second-order valence-electron chi connectivity index (χ2n) is 6.01. The quantitative estimate of drug-likeness (QED) is 0.741. The average molecular weight is 340 g/mol. The fraction of sp³-hybridized carbons (Fsp3) is 0.333. The van der Waals surface area contributed by atoms with Crippen LogP contribution in [0.5, 0.6) is 0 Å². The average Bonchev–Trinajstić information content (AvgIpc) is 3.22. The molecular weight excluding hydrogens is 320 g/mol. The van der Waals surface area contributed by atoms with Gasteiger partial charge in [0.25, 0.3) is 5.91 Å². The summed E-state index contributed by atoms with van der Waals surface area (Å²) < 4.78 is 10.8. The summed E-state index contributed by atoms with van der Waals surface area (Å²) in [5.74, 6) is 2.39. The highest BCUT2D eigenvalue weighted by Crippen LogP contribution is 2.21. The van der Waals surface area contributed by atoms with Gasteiger partial charge in [0.2, 0.25) is 11.7 Å². The molecule has 0 bridgehead atoms. The third-order valence-electron chi connectivity index (χ3n) is 3.74. The molecule has 0 unspecified atom stereocenters. The number of rotatable bonds is 6. The third kappa shape index (κ3) is 3.93. The molecule has 0 spiro atoms. The number of aryl methyl sites for hydroxylation is 1. The van der Waals surface area contributed by atoms with E-state index < -0.39 is 0 Å². The van der Waals surface area contributed by atoms with Crippen LogP contribution in [0.25, 0.3) is 11.5 Å². The minimum Gasteiger partial charge on any atom is -0.465 e. The van der Waals surface area contributed by atoms with E-state index in [1.54, 1.807) is 19.2 Å². The Morgan fingerprint density at radius 2 is 2.16 bits per heavy atom. The van der Waals surface area contributed by atoms with E-state index in [2.05, 4.69) is 20.4 Å². The van der Waals surface area contributed by atoms with Gasteiger partial charge in [-0.1, -0.05) is 25.1 Å². The zero-order valence-electron chi connectivity index (χ0n) is 14.4. The molecule has 25 heavy (non-hydrogen) atoms. The molecule has 7 heteroatoms. The number of carbonyl (C=O) groups excluding carboxylic acids is 1. The number of nitrogens with one attached hydrogen (secondary N) is 1. The number of carbonyl (C=O) groups is 1. The van der Waals surface area contributed by atoms with Gasteiger partial charge in [-0.25, -0.2) is 0 Å². The van der Waals surface area contributed by atoms with E-state index in [9.17, 15) is 4.79 Å². The van der Waals surface area contributed by atoms with Crippen molar-refractivity contribution < 1.29 is 13.7 Å².